The van der Waals surface area contributed by atoms with Gasteiger partial charge in [-0.1, -0.05) is 12.1 Å². The molecule has 0 radical (unpaired) electrons. The van der Waals surface area contributed by atoms with Gasteiger partial charge in [-0.15, -0.1) is 0 Å². The number of nitrogens with one attached hydrogen (secondary N) is 1. The van der Waals surface area contributed by atoms with Crippen LogP contribution in [0.15, 0.2) is 23.2 Å². The van der Waals surface area contributed by atoms with Crippen LogP contribution in [0.4, 0.5) is 5.69 Å². The van der Waals surface area contributed by atoms with Gasteiger partial charge in [0.15, 0.2) is 0 Å². The molecule has 0 amide bonds. The van der Waals surface area contributed by atoms with Gasteiger partial charge in [0.2, 0.25) is 0 Å². The van der Waals surface area contributed by atoms with E-state index in [1.54, 1.807) is 19.1 Å². The Balaban J connectivity index is 2.38. The number of aliphatic imine (C=N–C) groups is 1. The topological polar surface area (TPSA) is 93.5 Å². The summed E-state index contributed by atoms with van der Waals surface area (Å²) in [6, 6.07) is 4.51. The van der Waals surface area contributed by atoms with E-state index in [1.807, 2.05) is 0 Å². The molecule has 1 aromatic rings. The number of hydrogen-bond acceptors (Lipinski definition) is 5. The second-order valence-electron chi connectivity index (χ2n) is 3.92. The first-order valence-electron chi connectivity index (χ1n) is 5.39. The molecule has 0 spiro atoms. The smallest absolute Gasteiger partial charge is 0.272 e. The Kier molecular flexibility index (Phi) is 3.06. The van der Waals surface area contributed by atoms with E-state index in [9.17, 15) is 10.1 Å². The van der Waals surface area contributed by atoms with Crippen molar-refractivity contribution in [2.75, 3.05) is 13.1 Å². The molecule has 17 heavy (non-hydrogen) atoms. The van der Waals surface area contributed by atoms with Crippen LogP contribution in [0, 0.1) is 17.0 Å². The molecular formula is C11H14N4O2. The van der Waals surface area contributed by atoms with Gasteiger partial charge in [-0.05, 0) is 12.5 Å². The first-order chi connectivity index (χ1) is 8.11. The highest BCUT2D eigenvalue weighted by Crippen LogP contribution is 2.25. The van der Waals surface area contributed by atoms with Gasteiger partial charge < -0.3 is 11.1 Å². The van der Waals surface area contributed by atoms with Gasteiger partial charge in [-0.2, -0.15) is 0 Å². The largest absolute Gasteiger partial charge is 0.370 e. The maximum Gasteiger partial charge on any atom is 0.272 e. The third-order valence-electron chi connectivity index (χ3n) is 2.87. The first kappa shape index (κ1) is 11.5. The zero-order chi connectivity index (χ0) is 12.4. The van der Waals surface area contributed by atoms with Crippen molar-refractivity contribution in [3.05, 3.63) is 39.4 Å². The van der Waals surface area contributed by atoms with E-state index in [-0.39, 0.29) is 5.69 Å². The van der Waals surface area contributed by atoms with Crippen molar-refractivity contribution in [2.24, 2.45) is 10.7 Å². The molecule has 90 valence electrons. The lowest BCUT2D eigenvalue weighted by Crippen LogP contribution is -2.31. The Hall–Kier alpha value is -1.95. The molecule has 0 fully saturated rings. The molecule has 1 atom stereocenters. The van der Waals surface area contributed by atoms with Gasteiger partial charge in [0, 0.05) is 18.2 Å². The summed E-state index contributed by atoms with van der Waals surface area (Å²) in [7, 11) is 0. The average molecular weight is 234 g/mol. The van der Waals surface area contributed by atoms with E-state index >= 15 is 0 Å². The molecule has 1 aliphatic rings. The fraction of sp³-hybridized carbons (Fsp3) is 0.364. The van der Waals surface area contributed by atoms with Crippen LogP contribution in [0.2, 0.25) is 0 Å². The van der Waals surface area contributed by atoms with Crippen molar-refractivity contribution >= 4 is 11.5 Å². The Bertz CT molecular complexity index is 484. The molecule has 0 aliphatic carbocycles. The lowest BCUT2D eigenvalue weighted by Gasteiger charge is -2.15. The van der Waals surface area contributed by atoms with E-state index < -0.39 is 11.0 Å². The number of nitrogens with zero attached hydrogens (tertiary/aromatic N) is 2. The number of amidine groups is 1. The van der Waals surface area contributed by atoms with E-state index in [2.05, 4.69) is 10.3 Å². The summed E-state index contributed by atoms with van der Waals surface area (Å²) in [4.78, 5) is 14.7. The van der Waals surface area contributed by atoms with Crippen LogP contribution in [0.5, 0.6) is 0 Å². The van der Waals surface area contributed by atoms with Crippen LogP contribution in [-0.2, 0) is 0 Å². The maximum absolute atomic E-state index is 10.8. The number of nitro benzene ring substituents is 1. The minimum Gasteiger partial charge on any atom is -0.370 e. The fourth-order valence-electron chi connectivity index (χ4n) is 1.95. The Labute approximate surface area is 98.7 Å². The van der Waals surface area contributed by atoms with Crippen LogP contribution in [-0.4, -0.2) is 23.8 Å². The van der Waals surface area contributed by atoms with Crippen molar-refractivity contribution in [1.29, 1.82) is 0 Å². The van der Waals surface area contributed by atoms with Gasteiger partial charge in [0.05, 0.1) is 17.5 Å². The molecule has 0 bridgehead atoms. The second kappa shape index (κ2) is 4.50. The van der Waals surface area contributed by atoms with Gasteiger partial charge in [-0.25, -0.2) is 0 Å². The molecular weight excluding hydrogens is 220 g/mol. The van der Waals surface area contributed by atoms with Crippen LogP contribution in [0.3, 0.4) is 0 Å². The lowest BCUT2D eigenvalue weighted by molar-refractivity contribution is -0.385. The molecule has 0 saturated heterocycles. The molecule has 6 nitrogen and oxygen atoms in total. The van der Waals surface area contributed by atoms with Gasteiger partial charge in [-0.3, -0.25) is 15.1 Å². The molecule has 0 aromatic heterocycles. The summed E-state index contributed by atoms with van der Waals surface area (Å²) in [5.74, 6) is 0.702. The monoisotopic (exact) mass is 234 g/mol. The van der Waals surface area contributed by atoms with Crippen LogP contribution in [0.25, 0.3) is 0 Å². The summed E-state index contributed by atoms with van der Waals surface area (Å²) in [5.41, 5.74) is 7.49. The highest BCUT2D eigenvalue weighted by molar-refractivity contribution is 5.90. The third-order valence-corrected chi connectivity index (χ3v) is 2.87. The Morgan fingerprint density at radius 1 is 1.59 bits per heavy atom. The number of hydrogen-bond donors (Lipinski definition) is 2. The average Bonchev–Trinajstić information content (AvgIpc) is 2.81. The first-order valence-corrected chi connectivity index (χ1v) is 5.39. The van der Waals surface area contributed by atoms with Crippen molar-refractivity contribution in [3.63, 3.8) is 0 Å². The fourth-order valence-corrected chi connectivity index (χ4v) is 1.95. The summed E-state index contributed by atoms with van der Waals surface area (Å²) < 4.78 is 0. The number of nitrogens with two attached hydrogens (primary N) is 1. The van der Waals surface area contributed by atoms with Crippen molar-refractivity contribution in [3.8, 4) is 0 Å². The summed E-state index contributed by atoms with van der Waals surface area (Å²) >= 11 is 0. The summed E-state index contributed by atoms with van der Waals surface area (Å²) in [6.07, 6.45) is 0. The minimum atomic E-state index is -0.419. The molecule has 1 aromatic carbocycles. The predicted octanol–water partition coefficient (Wildman–Crippen LogP) is 0.905. The molecule has 6 heteroatoms. The van der Waals surface area contributed by atoms with E-state index in [1.165, 1.54) is 6.07 Å². The highest BCUT2D eigenvalue weighted by Gasteiger charge is 2.22. The van der Waals surface area contributed by atoms with Crippen LogP contribution < -0.4 is 11.1 Å². The highest BCUT2D eigenvalue weighted by atomic mass is 16.6. The predicted molar refractivity (Wildman–Crippen MR) is 65.1 cm³/mol. The zero-order valence-corrected chi connectivity index (χ0v) is 9.51. The van der Waals surface area contributed by atoms with Crippen molar-refractivity contribution in [2.45, 2.75) is 13.0 Å². The molecule has 1 heterocycles. The Morgan fingerprint density at radius 2 is 2.35 bits per heavy atom. The van der Waals surface area contributed by atoms with E-state index in [0.717, 1.165) is 12.1 Å². The van der Waals surface area contributed by atoms with Crippen LogP contribution in [0.1, 0.15) is 17.2 Å². The molecule has 1 unspecified atom stereocenters. The van der Waals surface area contributed by atoms with Crippen LogP contribution >= 0.6 is 0 Å². The second-order valence-corrected chi connectivity index (χ2v) is 3.92. The zero-order valence-electron chi connectivity index (χ0n) is 9.51. The van der Waals surface area contributed by atoms with Gasteiger partial charge in [0.25, 0.3) is 5.69 Å². The maximum atomic E-state index is 10.8. The molecule has 0 saturated carbocycles. The SMILES string of the molecule is Cc1c(C(N)C2=NCCN2)cccc1[N+](=O)[O-]. The normalized spacial score (nSPS) is 16.2. The summed E-state index contributed by atoms with van der Waals surface area (Å²) in [5, 5.41) is 13.9. The quantitative estimate of drug-likeness (QED) is 0.600. The molecule has 1 aliphatic heterocycles. The number of nitro groups is 1. The summed E-state index contributed by atoms with van der Waals surface area (Å²) in [6.45, 7) is 3.19. The molecule has 2 rings (SSSR count). The van der Waals surface area contributed by atoms with Gasteiger partial charge >= 0.3 is 0 Å². The minimum absolute atomic E-state index is 0.0940. The standard InChI is InChI=1S/C11H14N4O2/c1-7-8(3-2-4-9(7)15(16)17)10(12)11-13-5-6-14-11/h2-4,10H,5-6,12H2,1H3,(H,13,14). The number of benzene rings is 1. The Morgan fingerprint density at radius 3 is 2.94 bits per heavy atom. The van der Waals surface area contributed by atoms with Crippen molar-refractivity contribution < 1.29 is 4.92 Å². The van der Waals surface area contributed by atoms with Crippen molar-refractivity contribution in [1.82, 2.24) is 5.32 Å². The lowest BCUT2D eigenvalue weighted by atomic mass is 9.99. The van der Waals surface area contributed by atoms with E-state index in [4.69, 9.17) is 5.73 Å². The third kappa shape index (κ3) is 2.12. The molecule has 3 N–H and O–H groups in total. The van der Waals surface area contributed by atoms with E-state index in [0.29, 0.717) is 17.9 Å². The number of rotatable bonds is 3. The van der Waals surface area contributed by atoms with Gasteiger partial charge in [0.1, 0.15) is 5.84 Å².